The Morgan fingerprint density at radius 1 is 0.962 bits per heavy atom. The van der Waals surface area contributed by atoms with E-state index >= 15 is 0 Å². The van der Waals surface area contributed by atoms with E-state index in [2.05, 4.69) is 30.9 Å². The van der Waals surface area contributed by atoms with E-state index in [1.54, 1.807) is 0 Å². The number of carbonyl (C=O) groups excluding carboxylic acids is 1. The molecule has 1 saturated heterocycles. The fourth-order valence-corrected chi connectivity index (χ4v) is 3.32. The highest BCUT2D eigenvalue weighted by atomic mass is 16.2. The number of rotatable bonds is 5. The van der Waals surface area contributed by atoms with Crippen LogP contribution in [0.3, 0.4) is 0 Å². The summed E-state index contributed by atoms with van der Waals surface area (Å²) in [5.74, 6) is 0.164. The Hall–Kier alpha value is -2.13. The molecule has 3 rings (SSSR count). The monoisotopic (exact) mass is 352 g/mol. The van der Waals surface area contributed by atoms with Crippen LogP contribution in [0, 0.1) is 0 Å². The lowest BCUT2D eigenvalue weighted by Crippen LogP contribution is -2.42. The molecule has 1 amide bonds. The quantitative estimate of drug-likeness (QED) is 0.764. The number of amides is 1. The van der Waals surface area contributed by atoms with Gasteiger partial charge in [-0.2, -0.15) is 0 Å². The van der Waals surface area contributed by atoms with Crippen molar-refractivity contribution in [3.05, 3.63) is 71.8 Å². The predicted molar refractivity (Wildman–Crippen MR) is 109 cm³/mol. The first-order valence-corrected chi connectivity index (χ1v) is 9.76. The molecule has 0 bridgehead atoms. The molecule has 1 aliphatic rings. The third-order valence-electron chi connectivity index (χ3n) is 4.54. The predicted octanol–water partition coefficient (Wildman–Crippen LogP) is 4.90. The van der Waals surface area contributed by atoms with Gasteiger partial charge < -0.3 is 4.90 Å². The van der Waals surface area contributed by atoms with E-state index in [1.165, 1.54) is 24.8 Å². The molecule has 1 fully saturated rings. The molecule has 0 N–H and O–H groups in total. The van der Waals surface area contributed by atoms with Crippen LogP contribution < -0.4 is 0 Å². The summed E-state index contributed by atoms with van der Waals surface area (Å²) >= 11 is 0. The fraction of sp³-hybridized carbons (Fsp3) is 0.435. The third kappa shape index (κ3) is 5.70. The lowest BCUT2D eigenvalue weighted by molar-refractivity contribution is -0.135. The largest absolute Gasteiger partial charge is 0.325 e. The average Bonchev–Trinajstić information content (AvgIpc) is 3.18. The maximum Gasteiger partial charge on any atom is 0.228 e. The number of likely N-dealkylation sites (N-methyl/N-ethyl adjacent to an activating group) is 1. The van der Waals surface area contributed by atoms with E-state index in [1.807, 2.05) is 60.5 Å². The molecule has 0 aliphatic carbocycles. The smallest absolute Gasteiger partial charge is 0.228 e. The van der Waals surface area contributed by atoms with E-state index < -0.39 is 0 Å². The van der Waals surface area contributed by atoms with Crippen LogP contribution in [0.4, 0.5) is 0 Å². The molecule has 0 radical (unpaired) electrons. The van der Waals surface area contributed by atoms with Crippen molar-refractivity contribution in [1.82, 2.24) is 9.80 Å². The van der Waals surface area contributed by atoms with Crippen molar-refractivity contribution in [1.29, 1.82) is 0 Å². The van der Waals surface area contributed by atoms with Gasteiger partial charge in [0.2, 0.25) is 5.91 Å². The molecular weight excluding hydrogens is 320 g/mol. The first-order valence-electron chi connectivity index (χ1n) is 9.76. The van der Waals surface area contributed by atoms with Gasteiger partial charge in [0.15, 0.2) is 0 Å². The van der Waals surface area contributed by atoms with Gasteiger partial charge in [0.25, 0.3) is 0 Å². The van der Waals surface area contributed by atoms with Gasteiger partial charge in [0.1, 0.15) is 6.17 Å². The van der Waals surface area contributed by atoms with Gasteiger partial charge in [0, 0.05) is 20.1 Å². The number of carbonyl (C=O) groups is 1. The van der Waals surface area contributed by atoms with Crippen molar-refractivity contribution >= 4 is 5.91 Å². The van der Waals surface area contributed by atoms with Gasteiger partial charge in [-0.15, -0.1) is 0 Å². The van der Waals surface area contributed by atoms with Gasteiger partial charge in [-0.3, -0.25) is 9.69 Å². The number of likely N-dealkylation sites (tertiary alicyclic amines) is 1. The molecule has 0 unspecified atom stereocenters. The normalized spacial score (nSPS) is 15.0. The average molecular weight is 353 g/mol. The molecule has 1 heterocycles. The molecule has 2 aromatic carbocycles. The zero-order valence-corrected chi connectivity index (χ0v) is 16.4. The molecule has 0 aromatic heterocycles. The van der Waals surface area contributed by atoms with E-state index in [0.29, 0.717) is 6.42 Å². The number of hydrogen-bond acceptors (Lipinski definition) is 2. The van der Waals surface area contributed by atoms with Crippen LogP contribution in [0.1, 0.15) is 50.4 Å². The first kappa shape index (κ1) is 20.2. The maximum absolute atomic E-state index is 12.8. The minimum atomic E-state index is 0.0370. The lowest BCUT2D eigenvalue weighted by Gasteiger charge is -2.36. The second kappa shape index (κ2) is 10.8. The van der Waals surface area contributed by atoms with Crippen molar-refractivity contribution < 1.29 is 4.79 Å². The molecule has 26 heavy (non-hydrogen) atoms. The number of nitrogens with zero attached hydrogens (tertiary/aromatic N) is 2. The maximum atomic E-state index is 12.8. The molecule has 2 aromatic rings. The summed E-state index contributed by atoms with van der Waals surface area (Å²) in [4.78, 5) is 17.1. The van der Waals surface area contributed by atoms with Crippen molar-refractivity contribution in [3.63, 3.8) is 0 Å². The number of benzene rings is 2. The minimum Gasteiger partial charge on any atom is -0.325 e. The van der Waals surface area contributed by atoms with E-state index in [9.17, 15) is 4.79 Å². The summed E-state index contributed by atoms with van der Waals surface area (Å²) < 4.78 is 0. The Bertz CT molecular complexity index is 636. The standard InChI is InChI=1S/C20H24N2O.C3H8/c1-21(19(23)16-17-10-4-2-5-11-17)20(22-14-8-9-15-22)18-12-6-3-7-13-18;1-3-2/h2-7,10-13,20H,8-9,14-16H2,1H3;3H2,1-2H3/t20-;/m1./s1. The third-order valence-corrected chi connectivity index (χ3v) is 4.54. The molecule has 3 heteroatoms. The van der Waals surface area contributed by atoms with E-state index in [-0.39, 0.29) is 12.1 Å². The Balaban J connectivity index is 0.000000758. The summed E-state index contributed by atoms with van der Waals surface area (Å²) in [6.07, 6.45) is 4.16. The molecule has 1 atom stereocenters. The topological polar surface area (TPSA) is 23.6 Å². The summed E-state index contributed by atoms with van der Waals surface area (Å²) in [5, 5.41) is 0. The van der Waals surface area contributed by atoms with Gasteiger partial charge in [-0.05, 0) is 24.0 Å². The molecular formula is C23H32N2O. The van der Waals surface area contributed by atoms with E-state index in [4.69, 9.17) is 0 Å². The molecule has 140 valence electrons. The van der Waals surface area contributed by atoms with Crippen LogP contribution in [0.2, 0.25) is 0 Å². The highest BCUT2D eigenvalue weighted by Crippen LogP contribution is 2.28. The highest BCUT2D eigenvalue weighted by molar-refractivity contribution is 5.79. The Kier molecular flexibility index (Phi) is 8.36. The second-order valence-corrected chi connectivity index (χ2v) is 6.90. The SMILES string of the molecule is CCC.CN(C(=O)Cc1ccccc1)[C@@H](c1ccccc1)N1CCCC1. The fourth-order valence-electron chi connectivity index (χ4n) is 3.32. The Morgan fingerprint density at radius 2 is 1.46 bits per heavy atom. The zero-order chi connectivity index (χ0) is 18.8. The van der Waals surface area contributed by atoms with Gasteiger partial charge in [0.05, 0.1) is 6.42 Å². The van der Waals surface area contributed by atoms with Crippen LogP contribution in [0.15, 0.2) is 60.7 Å². The minimum absolute atomic E-state index is 0.0370. The van der Waals surface area contributed by atoms with Crippen LogP contribution in [0.25, 0.3) is 0 Å². The molecule has 3 nitrogen and oxygen atoms in total. The Labute approximate surface area is 158 Å². The van der Waals surface area contributed by atoms with Crippen LogP contribution >= 0.6 is 0 Å². The van der Waals surface area contributed by atoms with Crippen LogP contribution in [-0.4, -0.2) is 35.8 Å². The second-order valence-electron chi connectivity index (χ2n) is 6.90. The van der Waals surface area contributed by atoms with Crippen molar-refractivity contribution in [2.75, 3.05) is 20.1 Å². The summed E-state index contributed by atoms with van der Waals surface area (Å²) in [5.41, 5.74) is 2.26. The molecule has 1 aliphatic heterocycles. The van der Waals surface area contributed by atoms with Crippen molar-refractivity contribution in [2.24, 2.45) is 0 Å². The van der Waals surface area contributed by atoms with Crippen LogP contribution in [-0.2, 0) is 11.2 Å². The summed E-state index contributed by atoms with van der Waals surface area (Å²) in [6.45, 7) is 6.37. The lowest BCUT2D eigenvalue weighted by atomic mass is 10.1. The summed E-state index contributed by atoms with van der Waals surface area (Å²) in [6, 6.07) is 20.3. The highest BCUT2D eigenvalue weighted by Gasteiger charge is 2.29. The van der Waals surface area contributed by atoms with Crippen LogP contribution in [0.5, 0.6) is 0 Å². The first-order chi connectivity index (χ1) is 12.7. The molecule has 0 spiro atoms. The van der Waals surface area contributed by atoms with Crippen molar-refractivity contribution in [3.8, 4) is 0 Å². The number of hydrogen-bond donors (Lipinski definition) is 0. The Morgan fingerprint density at radius 3 is 2.00 bits per heavy atom. The zero-order valence-electron chi connectivity index (χ0n) is 16.4. The van der Waals surface area contributed by atoms with E-state index in [0.717, 1.165) is 18.7 Å². The summed E-state index contributed by atoms with van der Waals surface area (Å²) in [7, 11) is 1.93. The molecule has 0 saturated carbocycles. The van der Waals surface area contributed by atoms with Gasteiger partial charge >= 0.3 is 0 Å². The van der Waals surface area contributed by atoms with Gasteiger partial charge in [-0.25, -0.2) is 0 Å². The van der Waals surface area contributed by atoms with Crippen molar-refractivity contribution in [2.45, 2.75) is 45.7 Å². The van der Waals surface area contributed by atoms with Gasteiger partial charge in [-0.1, -0.05) is 80.9 Å².